The first-order valence-corrected chi connectivity index (χ1v) is 12.3. The fourth-order valence-electron chi connectivity index (χ4n) is 4.64. The maximum atomic E-state index is 12.5. The Balaban J connectivity index is 1.46. The van der Waals surface area contributed by atoms with Crippen molar-refractivity contribution in [1.82, 2.24) is 19.7 Å². The van der Waals surface area contributed by atoms with Crippen LogP contribution in [0, 0.1) is 11.3 Å². The second kappa shape index (κ2) is 9.13. The van der Waals surface area contributed by atoms with Crippen molar-refractivity contribution in [3.05, 3.63) is 11.1 Å². The smallest absolute Gasteiger partial charge is 0.228 e. The van der Waals surface area contributed by atoms with Crippen LogP contribution in [0.15, 0.2) is 5.38 Å². The number of nitrogens with zero attached hydrogens (tertiary/aromatic N) is 4. The van der Waals surface area contributed by atoms with Crippen molar-refractivity contribution in [2.45, 2.75) is 73.0 Å². The van der Waals surface area contributed by atoms with Gasteiger partial charge in [-0.15, -0.1) is 11.3 Å². The van der Waals surface area contributed by atoms with Crippen molar-refractivity contribution >= 4 is 22.4 Å². The van der Waals surface area contributed by atoms with Gasteiger partial charge in [0.05, 0.1) is 5.69 Å². The minimum Gasteiger partial charge on any atom is -0.360 e. The van der Waals surface area contributed by atoms with Crippen LogP contribution < -0.4 is 5.32 Å². The van der Waals surface area contributed by atoms with Gasteiger partial charge in [0.15, 0.2) is 5.13 Å². The van der Waals surface area contributed by atoms with Crippen LogP contribution in [-0.2, 0) is 11.3 Å². The van der Waals surface area contributed by atoms with Gasteiger partial charge in [-0.25, -0.2) is 4.98 Å². The highest BCUT2D eigenvalue weighted by molar-refractivity contribution is 7.13. The number of nitrogens with one attached hydrogen (secondary N) is 1. The van der Waals surface area contributed by atoms with Crippen LogP contribution in [-0.4, -0.2) is 76.4 Å². The van der Waals surface area contributed by atoms with Gasteiger partial charge in [-0.3, -0.25) is 14.6 Å². The second-order valence-corrected chi connectivity index (χ2v) is 12.0. The fourth-order valence-corrected chi connectivity index (χ4v) is 5.36. The van der Waals surface area contributed by atoms with E-state index >= 15 is 0 Å². The second-order valence-electron chi connectivity index (χ2n) is 11.2. The van der Waals surface area contributed by atoms with Gasteiger partial charge < -0.3 is 10.2 Å². The summed E-state index contributed by atoms with van der Waals surface area (Å²) in [4.78, 5) is 24.3. The molecule has 6 nitrogen and oxygen atoms in total. The summed E-state index contributed by atoms with van der Waals surface area (Å²) in [6.45, 7) is 21.8. The molecular weight excluding hydrogens is 394 g/mol. The lowest BCUT2D eigenvalue weighted by atomic mass is 9.94. The Hall–Kier alpha value is -1.18. The van der Waals surface area contributed by atoms with Crippen LogP contribution in [0.2, 0.25) is 0 Å². The highest BCUT2D eigenvalue weighted by Crippen LogP contribution is 2.30. The number of likely N-dealkylation sites (tertiary alicyclic amines) is 1. The van der Waals surface area contributed by atoms with E-state index in [-0.39, 0.29) is 16.9 Å². The van der Waals surface area contributed by atoms with Crippen molar-refractivity contribution < 1.29 is 4.79 Å². The van der Waals surface area contributed by atoms with Gasteiger partial charge in [-0.1, -0.05) is 27.7 Å². The Labute approximate surface area is 187 Å². The fraction of sp³-hybridized carbons (Fsp3) is 0.826. The van der Waals surface area contributed by atoms with E-state index in [1.54, 1.807) is 11.3 Å². The van der Waals surface area contributed by atoms with E-state index in [2.05, 4.69) is 48.2 Å². The summed E-state index contributed by atoms with van der Waals surface area (Å²) in [5, 5.41) is 6.80. The first-order chi connectivity index (χ1) is 13.9. The third-order valence-electron chi connectivity index (χ3n) is 6.21. The average Bonchev–Trinajstić information content (AvgIpc) is 3.25. The van der Waals surface area contributed by atoms with Gasteiger partial charge >= 0.3 is 0 Å². The number of carbonyl (C=O) groups excluding carboxylic acids is 1. The standard InChI is InChI=1S/C23H41N5OS/c1-17-12-19(28(14-17)23(5,6)7)13-24-21-25-18(16-30-21)15-26-8-10-27(11-9-26)20(29)22(2,3)4/h16-17,19H,8-15H2,1-7H3,(H,24,25). The Kier molecular flexibility index (Phi) is 7.15. The minimum atomic E-state index is -0.294. The van der Waals surface area contributed by atoms with Crippen molar-refractivity contribution in [2.75, 3.05) is 44.6 Å². The van der Waals surface area contributed by atoms with E-state index in [1.807, 2.05) is 25.7 Å². The molecule has 0 bridgehead atoms. The molecule has 1 amide bonds. The lowest BCUT2D eigenvalue weighted by molar-refractivity contribution is -0.141. The minimum absolute atomic E-state index is 0.210. The largest absolute Gasteiger partial charge is 0.360 e. The molecule has 2 unspecified atom stereocenters. The molecule has 1 N–H and O–H groups in total. The zero-order chi connectivity index (χ0) is 22.1. The molecule has 0 spiro atoms. The molecule has 170 valence electrons. The molecule has 0 radical (unpaired) electrons. The molecule has 0 aliphatic carbocycles. The Morgan fingerprint density at radius 1 is 1.17 bits per heavy atom. The maximum Gasteiger partial charge on any atom is 0.228 e. The van der Waals surface area contributed by atoms with E-state index in [0.717, 1.165) is 56.0 Å². The van der Waals surface area contributed by atoms with E-state index in [4.69, 9.17) is 4.98 Å². The molecule has 0 saturated carbocycles. The highest BCUT2D eigenvalue weighted by Gasteiger charge is 2.36. The molecule has 30 heavy (non-hydrogen) atoms. The first-order valence-electron chi connectivity index (χ1n) is 11.4. The van der Waals surface area contributed by atoms with Crippen LogP contribution in [0.4, 0.5) is 5.13 Å². The summed E-state index contributed by atoms with van der Waals surface area (Å²) in [7, 11) is 0. The summed E-state index contributed by atoms with van der Waals surface area (Å²) < 4.78 is 0. The Morgan fingerprint density at radius 3 is 2.43 bits per heavy atom. The number of aromatic nitrogens is 1. The molecule has 1 aromatic heterocycles. The molecule has 2 saturated heterocycles. The van der Waals surface area contributed by atoms with E-state index in [0.29, 0.717) is 6.04 Å². The molecule has 2 aliphatic rings. The van der Waals surface area contributed by atoms with Crippen LogP contribution in [0.25, 0.3) is 0 Å². The van der Waals surface area contributed by atoms with Crippen molar-refractivity contribution in [1.29, 1.82) is 0 Å². The van der Waals surface area contributed by atoms with Crippen LogP contribution in [0.3, 0.4) is 0 Å². The Bertz CT molecular complexity index is 712. The number of hydrogen-bond donors (Lipinski definition) is 1. The number of anilines is 1. The van der Waals surface area contributed by atoms with Gasteiger partial charge in [-0.2, -0.15) is 0 Å². The van der Waals surface area contributed by atoms with E-state index in [1.165, 1.54) is 13.0 Å². The molecule has 7 heteroatoms. The third-order valence-corrected chi connectivity index (χ3v) is 7.06. The van der Waals surface area contributed by atoms with Crippen molar-refractivity contribution in [2.24, 2.45) is 11.3 Å². The summed E-state index contributed by atoms with van der Waals surface area (Å²) in [6.07, 6.45) is 1.25. The number of carbonyl (C=O) groups is 1. The topological polar surface area (TPSA) is 51.7 Å². The molecule has 3 heterocycles. The normalized spacial score (nSPS) is 24.4. The molecule has 1 aromatic rings. The molecule has 2 aliphatic heterocycles. The van der Waals surface area contributed by atoms with Gasteiger partial charge in [-0.05, 0) is 33.1 Å². The number of hydrogen-bond acceptors (Lipinski definition) is 6. The number of amides is 1. The molecule has 2 atom stereocenters. The van der Waals surface area contributed by atoms with E-state index < -0.39 is 0 Å². The highest BCUT2D eigenvalue weighted by atomic mass is 32.1. The predicted molar refractivity (Wildman–Crippen MR) is 126 cm³/mol. The first kappa shape index (κ1) is 23.5. The number of thiazole rings is 1. The van der Waals surface area contributed by atoms with Crippen LogP contribution >= 0.6 is 11.3 Å². The lowest BCUT2D eigenvalue weighted by Crippen LogP contribution is -2.51. The van der Waals surface area contributed by atoms with Crippen LogP contribution in [0.1, 0.15) is 60.6 Å². The summed E-state index contributed by atoms with van der Waals surface area (Å²) in [5.74, 6) is 1.01. The summed E-state index contributed by atoms with van der Waals surface area (Å²) in [6, 6.07) is 0.570. The zero-order valence-corrected chi connectivity index (χ0v) is 20.8. The van der Waals surface area contributed by atoms with Gasteiger partial charge in [0.2, 0.25) is 5.91 Å². The quantitative estimate of drug-likeness (QED) is 0.763. The SMILES string of the molecule is CC1CC(CNc2nc(CN3CCN(C(=O)C(C)(C)C)CC3)cs2)N(C(C)(C)C)C1. The molecular formula is C23H41N5OS. The summed E-state index contributed by atoms with van der Waals surface area (Å²) >= 11 is 1.71. The monoisotopic (exact) mass is 435 g/mol. The zero-order valence-electron chi connectivity index (χ0n) is 20.0. The molecule has 3 rings (SSSR count). The van der Waals surface area contributed by atoms with Gasteiger partial charge in [0.1, 0.15) is 0 Å². The lowest BCUT2D eigenvalue weighted by Gasteiger charge is -2.37. The summed E-state index contributed by atoms with van der Waals surface area (Å²) in [5.41, 5.74) is 1.05. The Morgan fingerprint density at radius 2 is 1.83 bits per heavy atom. The molecule has 2 fully saturated rings. The predicted octanol–water partition coefficient (Wildman–Crippen LogP) is 3.75. The van der Waals surface area contributed by atoms with Gasteiger partial charge in [0.25, 0.3) is 0 Å². The van der Waals surface area contributed by atoms with Crippen LogP contribution in [0.5, 0.6) is 0 Å². The number of piperazine rings is 1. The number of rotatable bonds is 5. The molecule has 0 aromatic carbocycles. The maximum absolute atomic E-state index is 12.5. The average molecular weight is 436 g/mol. The van der Waals surface area contributed by atoms with Crippen molar-refractivity contribution in [3.63, 3.8) is 0 Å². The van der Waals surface area contributed by atoms with Gasteiger partial charge in [0, 0.05) is 68.2 Å². The van der Waals surface area contributed by atoms with E-state index in [9.17, 15) is 4.79 Å². The third kappa shape index (κ3) is 5.95. The van der Waals surface area contributed by atoms with Crippen molar-refractivity contribution in [3.8, 4) is 0 Å².